The topological polar surface area (TPSA) is 48.5 Å². The summed E-state index contributed by atoms with van der Waals surface area (Å²) in [7, 11) is 0. The first kappa shape index (κ1) is 19.7. The minimum absolute atomic E-state index is 0.0803. The smallest absolute Gasteiger partial charge is 0.224 e. The lowest BCUT2D eigenvalue weighted by molar-refractivity contribution is -0.120. The van der Waals surface area contributed by atoms with Crippen LogP contribution in [0.3, 0.4) is 0 Å². The molecule has 1 saturated heterocycles. The number of benzene rings is 2. The highest BCUT2D eigenvalue weighted by atomic mass is 35.5. The monoisotopic (exact) mass is 408 g/mol. The molecule has 1 N–H and O–H groups in total. The van der Waals surface area contributed by atoms with Gasteiger partial charge in [0, 0.05) is 61.6 Å². The van der Waals surface area contributed by atoms with Gasteiger partial charge in [0.25, 0.3) is 0 Å². The van der Waals surface area contributed by atoms with Crippen molar-refractivity contribution in [2.24, 2.45) is 0 Å². The van der Waals surface area contributed by atoms with E-state index in [0.29, 0.717) is 18.0 Å². The molecule has 1 amide bonds. The first-order valence-electron chi connectivity index (χ1n) is 10.0. The van der Waals surface area contributed by atoms with Crippen molar-refractivity contribution in [1.82, 2.24) is 15.2 Å². The van der Waals surface area contributed by atoms with Gasteiger partial charge in [-0.1, -0.05) is 41.9 Å². The highest BCUT2D eigenvalue weighted by Gasteiger charge is 2.19. The Morgan fingerprint density at radius 1 is 1.03 bits per heavy atom. The predicted molar refractivity (Wildman–Crippen MR) is 119 cm³/mol. The Morgan fingerprint density at radius 2 is 1.83 bits per heavy atom. The summed E-state index contributed by atoms with van der Waals surface area (Å²) in [4.78, 5) is 21.3. The van der Waals surface area contributed by atoms with Crippen molar-refractivity contribution >= 4 is 34.1 Å². The number of carbonyl (C=O) groups excluding carboxylic acids is 1. The molecule has 150 valence electrons. The summed E-state index contributed by atoms with van der Waals surface area (Å²) in [6, 6.07) is 17.8. The first-order valence-corrected chi connectivity index (χ1v) is 10.4. The third kappa shape index (κ3) is 5.05. The van der Waals surface area contributed by atoms with Gasteiger partial charge in [-0.3, -0.25) is 14.7 Å². The Kier molecular flexibility index (Phi) is 6.27. The van der Waals surface area contributed by atoms with Crippen LogP contribution in [-0.2, 0) is 11.2 Å². The van der Waals surface area contributed by atoms with Crippen molar-refractivity contribution in [2.75, 3.05) is 44.2 Å². The maximum Gasteiger partial charge on any atom is 0.224 e. The Hall–Kier alpha value is -2.63. The molecule has 0 aliphatic carbocycles. The average Bonchev–Trinajstić information content (AvgIpc) is 2.74. The van der Waals surface area contributed by atoms with Crippen molar-refractivity contribution < 1.29 is 4.79 Å². The molecule has 1 aromatic heterocycles. The maximum absolute atomic E-state index is 12.1. The molecular formula is C23H25ClN4O. The third-order valence-electron chi connectivity index (χ3n) is 5.35. The van der Waals surface area contributed by atoms with E-state index in [2.05, 4.69) is 32.2 Å². The van der Waals surface area contributed by atoms with E-state index in [1.165, 1.54) is 5.69 Å². The highest BCUT2D eigenvalue weighted by Crippen LogP contribution is 2.28. The van der Waals surface area contributed by atoms with Gasteiger partial charge in [0.15, 0.2) is 0 Å². The average molecular weight is 409 g/mol. The number of fused-ring (bicyclic) bond motifs is 1. The standard InChI is InChI=1S/C23H25ClN4O/c24-19-6-7-20-21(17-19)25-9-8-22(20)28-14-12-27(13-15-28)11-10-26-23(29)16-18-4-2-1-3-5-18/h1-9,17H,10-16H2,(H,26,29). The van der Waals surface area contributed by atoms with Gasteiger partial charge >= 0.3 is 0 Å². The van der Waals surface area contributed by atoms with Crippen LogP contribution < -0.4 is 10.2 Å². The summed E-state index contributed by atoms with van der Waals surface area (Å²) in [6.07, 6.45) is 2.29. The zero-order valence-electron chi connectivity index (χ0n) is 16.4. The molecule has 4 rings (SSSR count). The lowest BCUT2D eigenvalue weighted by atomic mass is 10.1. The number of rotatable bonds is 6. The lowest BCUT2D eigenvalue weighted by Gasteiger charge is -2.36. The summed E-state index contributed by atoms with van der Waals surface area (Å²) >= 11 is 6.10. The normalized spacial score (nSPS) is 14.9. The number of halogens is 1. The van der Waals surface area contributed by atoms with E-state index in [-0.39, 0.29) is 5.91 Å². The second kappa shape index (κ2) is 9.25. The minimum atomic E-state index is 0.0803. The summed E-state index contributed by atoms with van der Waals surface area (Å²) in [6.45, 7) is 5.43. The van der Waals surface area contributed by atoms with Crippen molar-refractivity contribution in [3.8, 4) is 0 Å². The van der Waals surface area contributed by atoms with Gasteiger partial charge < -0.3 is 10.2 Å². The van der Waals surface area contributed by atoms with Gasteiger partial charge in [-0.2, -0.15) is 0 Å². The van der Waals surface area contributed by atoms with Crippen LogP contribution in [0.4, 0.5) is 5.69 Å². The number of aromatic nitrogens is 1. The van der Waals surface area contributed by atoms with Crippen LogP contribution in [0.5, 0.6) is 0 Å². The maximum atomic E-state index is 12.1. The predicted octanol–water partition coefficient (Wildman–Crippen LogP) is 3.37. The molecule has 1 aliphatic heterocycles. The molecule has 2 aromatic carbocycles. The fraction of sp³-hybridized carbons (Fsp3) is 0.304. The highest BCUT2D eigenvalue weighted by molar-refractivity contribution is 6.31. The molecule has 0 unspecified atom stereocenters. The number of anilines is 1. The van der Waals surface area contributed by atoms with Crippen LogP contribution in [0.25, 0.3) is 10.9 Å². The number of carbonyl (C=O) groups is 1. The molecule has 1 fully saturated rings. The van der Waals surface area contributed by atoms with Crippen LogP contribution in [0.15, 0.2) is 60.8 Å². The van der Waals surface area contributed by atoms with E-state index in [9.17, 15) is 4.79 Å². The van der Waals surface area contributed by atoms with E-state index in [1.54, 1.807) is 0 Å². The largest absolute Gasteiger partial charge is 0.368 e. The first-order chi connectivity index (χ1) is 14.2. The molecule has 0 spiro atoms. The molecule has 29 heavy (non-hydrogen) atoms. The molecule has 5 nitrogen and oxygen atoms in total. The van der Waals surface area contributed by atoms with Gasteiger partial charge in [0.1, 0.15) is 0 Å². The van der Waals surface area contributed by atoms with E-state index in [1.807, 2.05) is 48.7 Å². The van der Waals surface area contributed by atoms with Crippen molar-refractivity contribution in [2.45, 2.75) is 6.42 Å². The molecule has 1 aliphatic rings. The van der Waals surface area contributed by atoms with Gasteiger partial charge in [0.05, 0.1) is 11.9 Å². The Morgan fingerprint density at radius 3 is 2.62 bits per heavy atom. The Bertz CT molecular complexity index is 971. The summed E-state index contributed by atoms with van der Waals surface area (Å²) in [5, 5.41) is 4.88. The molecule has 0 saturated carbocycles. The van der Waals surface area contributed by atoms with Gasteiger partial charge in [-0.25, -0.2) is 0 Å². The second-order valence-electron chi connectivity index (χ2n) is 7.33. The number of nitrogens with one attached hydrogen (secondary N) is 1. The van der Waals surface area contributed by atoms with E-state index in [0.717, 1.165) is 49.2 Å². The molecule has 0 atom stereocenters. The number of nitrogens with zero attached hydrogens (tertiary/aromatic N) is 3. The van der Waals surface area contributed by atoms with Crippen LogP contribution in [0.2, 0.25) is 5.02 Å². The van der Waals surface area contributed by atoms with Crippen LogP contribution in [0.1, 0.15) is 5.56 Å². The van der Waals surface area contributed by atoms with Crippen LogP contribution >= 0.6 is 11.6 Å². The van der Waals surface area contributed by atoms with E-state index >= 15 is 0 Å². The zero-order valence-corrected chi connectivity index (χ0v) is 17.1. The van der Waals surface area contributed by atoms with Crippen LogP contribution in [-0.4, -0.2) is 55.1 Å². The quantitative estimate of drug-likeness (QED) is 0.679. The second-order valence-corrected chi connectivity index (χ2v) is 7.77. The number of amides is 1. The summed E-state index contributed by atoms with van der Waals surface area (Å²) in [5.74, 6) is 0.0803. The molecule has 0 radical (unpaired) electrons. The number of hydrogen-bond donors (Lipinski definition) is 1. The van der Waals surface area contributed by atoms with Gasteiger partial charge in [-0.15, -0.1) is 0 Å². The van der Waals surface area contributed by atoms with Crippen molar-refractivity contribution in [3.05, 3.63) is 71.4 Å². The number of piperazine rings is 1. The Labute approximate surface area is 176 Å². The van der Waals surface area contributed by atoms with E-state index < -0.39 is 0 Å². The number of hydrogen-bond acceptors (Lipinski definition) is 4. The van der Waals surface area contributed by atoms with Gasteiger partial charge in [0.2, 0.25) is 5.91 Å². The Balaban J connectivity index is 1.25. The van der Waals surface area contributed by atoms with E-state index in [4.69, 9.17) is 11.6 Å². The summed E-state index contributed by atoms with van der Waals surface area (Å²) < 4.78 is 0. The zero-order chi connectivity index (χ0) is 20.1. The molecular weight excluding hydrogens is 384 g/mol. The third-order valence-corrected chi connectivity index (χ3v) is 5.59. The van der Waals surface area contributed by atoms with Crippen molar-refractivity contribution in [1.29, 1.82) is 0 Å². The fourth-order valence-corrected chi connectivity index (χ4v) is 3.96. The lowest BCUT2D eigenvalue weighted by Crippen LogP contribution is -2.48. The molecule has 2 heterocycles. The molecule has 6 heteroatoms. The SMILES string of the molecule is O=C(Cc1ccccc1)NCCN1CCN(c2ccnc3cc(Cl)ccc23)CC1. The number of pyridine rings is 1. The molecule has 0 bridgehead atoms. The minimum Gasteiger partial charge on any atom is -0.368 e. The van der Waals surface area contributed by atoms with Crippen molar-refractivity contribution in [3.63, 3.8) is 0 Å². The van der Waals surface area contributed by atoms with Crippen LogP contribution in [0, 0.1) is 0 Å². The summed E-state index contributed by atoms with van der Waals surface area (Å²) in [5.41, 5.74) is 3.19. The fourth-order valence-electron chi connectivity index (χ4n) is 3.79. The van der Waals surface area contributed by atoms with Gasteiger partial charge in [-0.05, 0) is 29.8 Å². The molecule has 3 aromatic rings.